The van der Waals surface area contributed by atoms with Crippen LogP contribution in [0.4, 0.5) is 11.4 Å². The Balaban J connectivity index is 2.11. The average molecular weight is 348 g/mol. The molecule has 0 aliphatic heterocycles. The van der Waals surface area contributed by atoms with Gasteiger partial charge in [0.1, 0.15) is 6.29 Å². The predicted molar refractivity (Wildman–Crippen MR) is 105 cm³/mol. The van der Waals surface area contributed by atoms with E-state index in [1.165, 1.54) is 6.08 Å². The Morgan fingerprint density at radius 1 is 1.08 bits per heavy atom. The molecule has 3 aromatic rings. The van der Waals surface area contributed by atoms with E-state index in [1.807, 2.05) is 37.3 Å². The van der Waals surface area contributed by atoms with Gasteiger partial charge in [-0.15, -0.1) is 0 Å². The summed E-state index contributed by atoms with van der Waals surface area (Å²) in [6.45, 7) is 2.35. The number of benzene rings is 2. The third-order valence-corrected chi connectivity index (χ3v) is 4.18. The Labute approximate surface area is 151 Å². The molecule has 6 heteroatoms. The number of hydrogen-bond donors (Lipinski definition) is 4. The number of anilines is 2. The molecule has 3 rings (SSSR count). The largest absolute Gasteiger partial charge is 0.362 e. The standard InChI is InChI=1S/C20H20N4O2/c1-13-9-18-17(5-6-19(23-12-26)20(18)24-13)16-4-3-15(10-14(16)11-21)22-7-2-8-25/h2-10,12,22,24H,11,21H2,1H3,(H,23,26). The number of amides is 1. The van der Waals surface area contributed by atoms with Crippen molar-refractivity contribution in [1.82, 2.24) is 4.98 Å². The van der Waals surface area contributed by atoms with Gasteiger partial charge >= 0.3 is 0 Å². The third kappa shape index (κ3) is 3.36. The summed E-state index contributed by atoms with van der Waals surface area (Å²) in [5.41, 5.74) is 12.5. The van der Waals surface area contributed by atoms with Gasteiger partial charge in [0.2, 0.25) is 6.41 Å². The minimum Gasteiger partial charge on any atom is -0.362 e. The van der Waals surface area contributed by atoms with Gasteiger partial charge in [0.25, 0.3) is 0 Å². The van der Waals surface area contributed by atoms with Crippen molar-refractivity contribution in [2.75, 3.05) is 10.6 Å². The van der Waals surface area contributed by atoms with Gasteiger partial charge < -0.3 is 21.4 Å². The number of nitrogens with one attached hydrogen (secondary N) is 3. The van der Waals surface area contributed by atoms with Crippen molar-refractivity contribution < 1.29 is 9.59 Å². The van der Waals surface area contributed by atoms with Crippen LogP contribution in [0.3, 0.4) is 0 Å². The molecule has 0 saturated carbocycles. The first-order chi connectivity index (χ1) is 12.7. The van der Waals surface area contributed by atoms with Gasteiger partial charge in [-0.2, -0.15) is 0 Å². The maximum atomic E-state index is 10.8. The first kappa shape index (κ1) is 17.4. The molecule has 0 atom stereocenters. The van der Waals surface area contributed by atoms with Crippen LogP contribution >= 0.6 is 0 Å². The topological polar surface area (TPSA) is 100 Å². The molecule has 5 N–H and O–H groups in total. The van der Waals surface area contributed by atoms with E-state index in [0.717, 1.165) is 44.7 Å². The number of carbonyl (C=O) groups excluding carboxylic acids is 2. The van der Waals surface area contributed by atoms with Crippen LogP contribution in [0.5, 0.6) is 0 Å². The normalized spacial score (nSPS) is 11.0. The van der Waals surface area contributed by atoms with Gasteiger partial charge in [-0.3, -0.25) is 9.59 Å². The summed E-state index contributed by atoms with van der Waals surface area (Å²) in [6.07, 6.45) is 4.35. The molecule has 1 aromatic heterocycles. The van der Waals surface area contributed by atoms with Gasteiger partial charge in [0, 0.05) is 29.5 Å². The highest BCUT2D eigenvalue weighted by Gasteiger charge is 2.13. The second-order valence-electron chi connectivity index (χ2n) is 5.88. The molecule has 26 heavy (non-hydrogen) atoms. The van der Waals surface area contributed by atoms with Gasteiger partial charge in [0.15, 0.2) is 0 Å². The van der Waals surface area contributed by atoms with E-state index in [9.17, 15) is 9.59 Å². The molecule has 0 unspecified atom stereocenters. The molecule has 0 aliphatic rings. The fourth-order valence-electron chi connectivity index (χ4n) is 3.07. The van der Waals surface area contributed by atoms with Crippen molar-refractivity contribution >= 4 is 35.0 Å². The SMILES string of the molecule is Cc1cc2c(-c3ccc(NC=CC=O)cc3CN)ccc(NC=O)c2[nH]1. The first-order valence-corrected chi connectivity index (χ1v) is 8.20. The van der Waals surface area contributed by atoms with Crippen molar-refractivity contribution in [3.8, 4) is 11.1 Å². The van der Waals surface area contributed by atoms with E-state index in [-0.39, 0.29) is 0 Å². The summed E-state index contributed by atoms with van der Waals surface area (Å²) in [4.78, 5) is 24.5. The van der Waals surface area contributed by atoms with Crippen LogP contribution in [0, 0.1) is 6.92 Å². The minimum atomic E-state index is 0.376. The number of aryl methyl sites for hydroxylation is 1. The van der Waals surface area contributed by atoms with E-state index >= 15 is 0 Å². The predicted octanol–water partition coefficient (Wildman–Crippen LogP) is 3.29. The molecule has 0 spiro atoms. The van der Waals surface area contributed by atoms with Crippen LogP contribution in [-0.4, -0.2) is 17.7 Å². The third-order valence-electron chi connectivity index (χ3n) is 4.18. The lowest BCUT2D eigenvalue weighted by atomic mass is 9.95. The Kier molecular flexibility index (Phi) is 5.15. The summed E-state index contributed by atoms with van der Waals surface area (Å²) in [5.74, 6) is 0. The van der Waals surface area contributed by atoms with Crippen molar-refractivity contribution in [3.63, 3.8) is 0 Å². The molecular weight excluding hydrogens is 328 g/mol. The highest BCUT2D eigenvalue weighted by Crippen LogP contribution is 2.36. The number of carbonyl (C=O) groups is 2. The Morgan fingerprint density at radius 2 is 1.88 bits per heavy atom. The van der Waals surface area contributed by atoms with Crippen LogP contribution in [0.2, 0.25) is 0 Å². The molecule has 0 radical (unpaired) electrons. The van der Waals surface area contributed by atoms with E-state index in [4.69, 9.17) is 5.73 Å². The summed E-state index contributed by atoms with van der Waals surface area (Å²) >= 11 is 0. The molecule has 132 valence electrons. The van der Waals surface area contributed by atoms with Crippen LogP contribution in [0.1, 0.15) is 11.3 Å². The van der Waals surface area contributed by atoms with E-state index < -0.39 is 0 Å². The average Bonchev–Trinajstić information content (AvgIpc) is 3.04. The van der Waals surface area contributed by atoms with Crippen molar-refractivity contribution in [2.45, 2.75) is 13.5 Å². The van der Waals surface area contributed by atoms with Crippen molar-refractivity contribution in [3.05, 3.63) is 59.9 Å². The second kappa shape index (κ2) is 7.67. The number of H-pyrrole nitrogens is 1. The molecule has 2 aromatic carbocycles. The number of nitrogens with two attached hydrogens (primary N) is 1. The Hall–Kier alpha value is -3.38. The molecule has 0 saturated heterocycles. The lowest BCUT2D eigenvalue weighted by Gasteiger charge is -2.13. The Bertz CT molecular complexity index is 989. The monoisotopic (exact) mass is 348 g/mol. The number of rotatable bonds is 7. The smallest absolute Gasteiger partial charge is 0.211 e. The zero-order chi connectivity index (χ0) is 18.5. The number of aromatic nitrogens is 1. The van der Waals surface area contributed by atoms with E-state index in [2.05, 4.69) is 21.7 Å². The summed E-state index contributed by atoms with van der Waals surface area (Å²) in [6, 6.07) is 11.8. The van der Waals surface area contributed by atoms with Crippen LogP contribution in [-0.2, 0) is 16.1 Å². The number of fused-ring (bicyclic) bond motifs is 1. The quantitative estimate of drug-likeness (QED) is 0.389. The van der Waals surface area contributed by atoms with E-state index in [0.29, 0.717) is 19.2 Å². The number of allylic oxidation sites excluding steroid dienone is 1. The van der Waals surface area contributed by atoms with Gasteiger partial charge in [-0.05, 0) is 54.0 Å². The number of aldehydes is 1. The van der Waals surface area contributed by atoms with Crippen LogP contribution in [0.15, 0.2) is 48.7 Å². The fourth-order valence-corrected chi connectivity index (χ4v) is 3.07. The maximum absolute atomic E-state index is 10.8. The molecule has 0 bridgehead atoms. The first-order valence-electron chi connectivity index (χ1n) is 8.20. The number of hydrogen-bond acceptors (Lipinski definition) is 4. The van der Waals surface area contributed by atoms with Gasteiger partial charge in [0.05, 0.1) is 11.2 Å². The second-order valence-corrected chi connectivity index (χ2v) is 5.88. The minimum absolute atomic E-state index is 0.376. The van der Waals surface area contributed by atoms with Gasteiger partial charge in [-0.25, -0.2) is 0 Å². The fraction of sp³-hybridized carbons (Fsp3) is 0.100. The van der Waals surface area contributed by atoms with Gasteiger partial charge in [-0.1, -0.05) is 12.1 Å². The maximum Gasteiger partial charge on any atom is 0.211 e. The van der Waals surface area contributed by atoms with Crippen molar-refractivity contribution in [2.24, 2.45) is 5.73 Å². The molecule has 1 heterocycles. The van der Waals surface area contributed by atoms with Crippen LogP contribution in [0.25, 0.3) is 22.0 Å². The summed E-state index contributed by atoms with van der Waals surface area (Å²) in [7, 11) is 0. The molecule has 0 fully saturated rings. The molecular formula is C20H20N4O2. The van der Waals surface area contributed by atoms with Crippen molar-refractivity contribution in [1.29, 1.82) is 0 Å². The Morgan fingerprint density at radius 3 is 2.62 bits per heavy atom. The summed E-state index contributed by atoms with van der Waals surface area (Å²) < 4.78 is 0. The molecule has 0 aliphatic carbocycles. The zero-order valence-corrected chi connectivity index (χ0v) is 14.4. The van der Waals surface area contributed by atoms with Crippen LogP contribution < -0.4 is 16.4 Å². The number of aromatic amines is 1. The lowest BCUT2D eigenvalue weighted by molar-refractivity contribution is -0.105. The summed E-state index contributed by atoms with van der Waals surface area (Å²) in [5, 5.41) is 6.79. The molecule has 1 amide bonds. The zero-order valence-electron chi connectivity index (χ0n) is 14.4. The van der Waals surface area contributed by atoms with E-state index in [1.54, 1.807) is 6.20 Å². The highest BCUT2D eigenvalue weighted by atomic mass is 16.1. The molecule has 6 nitrogen and oxygen atoms in total. The highest BCUT2D eigenvalue weighted by molar-refractivity contribution is 6.04. The lowest BCUT2D eigenvalue weighted by Crippen LogP contribution is -2.01.